The zero-order valence-corrected chi connectivity index (χ0v) is 17.4. The van der Waals surface area contributed by atoms with Crippen LogP contribution in [0.25, 0.3) is 0 Å². The van der Waals surface area contributed by atoms with Crippen molar-refractivity contribution < 1.29 is 19.4 Å². The van der Waals surface area contributed by atoms with Gasteiger partial charge in [-0.25, -0.2) is 4.98 Å². The second kappa shape index (κ2) is 9.72. The highest BCUT2D eigenvalue weighted by Gasteiger charge is 2.24. The Morgan fingerprint density at radius 2 is 1.97 bits per heavy atom. The van der Waals surface area contributed by atoms with Crippen molar-refractivity contribution in [3.8, 4) is 11.6 Å². The number of hydrogen-bond donors (Lipinski definition) is 1. The second-order valence-corrected chi connectivity index (χ2v) is 8.06. The Kier molecular flexibility index (Phi) is 7.07. The van der Waals surface area contributed by atoms with Crippen molar-refractivity contribution in [3.63, 3.8) is 0 Å². The smallest absolute Gasteiger partial charge is 0.303 e. The molecule has 1 atom stereocenters. The normalized spacial score (nSPS) is 20.1. The first-order valence-corrected chi connectivity index (χ1v) is 10.3. The summed E-state index contributed by atoms with van der Waals surface area (Å²) in [7, 11) is 1.65. The third-order valence-corrected chi connectivity index (χ3v) is 5.89. The molecule has 29 heavy (non-hydrogen) atoms. The van der Waals surface area contributed by atoms with Gasteiger partial charge in [-0.05, 0) is 73.1 Å². The van der Waals surface area contributed by atoms with Crippen LogP contribution in [0, 0.1) is 12.8 Å². The summed E-state index contributed by atoms with van der Waals surface area (Å²) in [6, 6.07) is 3.99. The molecule has 1 unspecified atom stereocenters. The third kappa shape index (κ3) is 5.68. The van der Waals surface area contributed by atoms with E-state index in [1.165, 1.54) is 11.1 Å². The van der Waals surface area contributed by atoms with Gasteiger partial charge in [0.15, 0.2) is 0 Å². The molecule has 0 amide bonds. The Hall–Kier alpha value is -2.63. The molecule has 6 heteroatoms. The van der Waals surface area contributed by atoms with Crippen molar-refractivity contribution >= 4 is 5.97 Å². The van der Waals surface area contributed by atoms with Gasteiger partial charge in [0.25, 0.3) is 0 Å². The topological polar surface area (TPSA) is 81.5 Å². The van der Waals surface area contributed by atoms with Crippen molar-refractivity contribution in [3.05, 3.63) is 47.4 Å². The van der Waals surface area contributed by atoms with Crippen LogP contribution in [0.2, 0.25) is 0 Å². The van der Waals surface area contributed by atoms with Crippen LogP contribution in [0.15, 0.2) is 30.7 Å². The molecule has 2 aromatic rings. The van der Waals surface area contributed by atoms with Gasteiger partial charge in [-0.3, -0.25) is 9.78 Å². The molecule has 0 aliphatic heterocycles. The van der Waals surface area contributed by atoms with Crippen LogP contribution in [0.4, 0.5) is 0 Å². The number of nitrogens with zero attached hydrogens (tertiary/aromatic N) is 2. The van der Waals surface area contributed by atoms with E-state index in [0.29, 0.717) is 24.3 Å². The lowest BCUT2D eigenvalue weighted by atomic mass is 9.78. The van der Waals surface area contributed by atoms with E-state index < -0.39 is 5.97 Å². The number of carbonyl (C=O) groups is 1. The van der Waals surface area contributed by atoms with Gasteiger partial charge in [0.1, 0.15) is 5.75 Å². The van der Waals surface area contributed by atoms with Crippen LogP contribution in [0.5, 0.6) is 11.6 Å². The minimum atomic E-state index is -0.803. The van der Waals surface area contributed by atoms with E-state index in [2.05, 4.69) is 23.0 Å². The molecule has 6 nitrogen and oxygen atoms in total. The number of pyridine rings is 2. The number of aryl methyl sites for hydroxylation is 1. The number of hydrogen-bond acceptors (Lipinski definition) is 5. The first-order chi connectivity index (χ1) is 14.0. The molecule has 2 heterocycles. The maximum atomic E-state index is 10.9. The number of carboxylic acids is 1. The van der Waals surface area contributed by atoms with E-state index in [4.69, 9.17) is 14.6 Å². The van der Waals surface area contributed by atoms with E-state index in [0.717, 1.165) is 37.0 Å². The van der Waals surface area contributed by atoms with Gasteiger partial charge in [-0.2, -0.15) is 0 Å². The van der Waals surface area contributed by atoms with Crippen molar-refractivity contribution in [1.82, 2.24) is 9.97 Å². The highest BCUT2D eigenvalue weighted by Crippen LogP contribution is 2.38. The van der Waals surface area contributed by atoms with Crippen molar-refractivity contribution in [2.24, 2.45) is 5.92 Å². The van der Waals surface area contributed by atoms with Crippen molar-refractivity contribution in [2.75, 3.05) is 13.7 Å². The fourth-order valence-corrected chi connectivity index (χ4v) is 4.09. The summed E-state index contributed by atoms with van der Waals surface area (Å²) in [6.07, 6.45) is 9.93. The Bertz CT molecular complexity index is 831. The van der Waals surface area contributed by atoms with Crippen LogP contribution in [-0.2, 0) is 4.79 Å². The second-order valence-electron chi connectivity index (χ2n) is 8.06. The fourth-order valence-electron chi connectivity index (χ4n) is 4.09. The van der Waals surface area contributed by atoms with E-state index in [1.54, 1.807) is 19.5 Å². The van der Waals surface area contributed by atoms with Gasteiger partial charge in [-0.1, -0.05) is 6.92 Å². The molecule has 0 bridgehead atoms. The molecule has 2 aromatic heterocycles. The highest BCUT2D eigenvalue weighted by atomic mass is 16.5. The van der Waals surface area contributed by atoms with Gasteiger partial charge >= 0.3 is 5.97 Å². The number of methoxy groups -OCH3 is 1. The molecule has 1 N–H and O–H groups in total. The maximum Gasteiger partial charge on any atom is 0.303 e. The first-order valence-electron chi connectivity index (χ1n) is 10.3. The van der Waals surface area contributed by atoms with Crippen molar-refractivity contribution in [2.45, 2.75) is 57.8 Å². The lowest BCUT2D eigenvalue weighted by molar-refractivity contribution is -0.137. The monoisotopic (exact) mass is 398 g/mol. The first kappa shape index (κ1) is 21.1. The molecule has 1 saturated carbocycles. The molecule has 1 fully saturated rings. The van der Waals surface area contributed by atoms with Crippen molar-refractivity contribution in [1.29, 1.82) is 0 Å². The Balaban J connectivity index is 1.52. The maximum absolute atomic E-state index is 10.9. The van der Waals surface area contributed by atoms with E-state index in [9.17, 15) is 4.79 Å². The summed E-state index contributed by atoms with van der Waals surface area (Å²) in [5.41, 5.74) is 3.47. The Morgan fingerprint density at radius 1 is 1.21 bits per heavy atom. The van der Waals surface area contributed by atoms with Crippen LogP contribution in [0.3, 0.4) is 0 Å². The third-order valence-electron chi connectivity index (χ3n) is 5.89. The molecular weight excluding hydrogens is 368 g/mol. The lowest BCUT2D eigenvalue weighted by Gasteiger charge is -2.29. The van der Waals surface area contributed by atoms with Gasteiger partial charge < -0.3 is 14.6 Å². The average molecular weight is 399 g/mol. The minimum Gasteiger partial charge on any atom is -0.492 e. The predicted molar refractivity (Wildman–Crippen MR) is 111 cm³/mol. The molecule has 1 aliphatic carbocycles. The average Bonchev–Trinajstić information content (AvgIpc) is 2.73. The molecule has 156 valence electrons. The van der Waals surface area contributed by atoms with Crippen LogP contribution >= 0.6 is 0 Å². The standard InChI is InChI=1S/C23H30N2O4/c1-15(8-23(26)27)19-9-20(13-24-12-19)29-14-17-4-6-18(7-5-17)21-10-22(28-3)25-11-16(21)2/h9-13,15,17-18H,4-8,14H2,1-3H3,(H,26,27)/t15?,17-,18+. The summed E-state index contributed by atoms with van der Waals surface area (Å²) in [4.78, 5) is 19.4. The van der Waals surface area contributed by atoms with E-state index >= 15 is 0 Å². The highest BCUT2D eigenvalue weighted by molar-refractivity contribution is 5.67. The summed E-state index contributed by atoms with van der Waals surface area (Å²) in [6.45, 7) is 4.68. The fraction of sp³-hybridized carbons (Fsp3) is 0.522. The predicted octanol–water partition coefficient (Wildman–Crippen LogP) is 4.72. The largest absolute Gasteiger partial charge is 0.492 e. The molecule has 0 radical (unpaired) electrons. The van der Waals surface area contributed by atoms with Gasteiger partial charge in [0.2, 0.25) is 5.88 Å². The van der Waals surface area contributed by atoms with Crippen LogP contribution < -0.4 is 9.47 Å². The SMILES string of the molecule is COc1cc([C@H]2CC[C@@H](COc3cncc(C(C)CC(=O)O)c3)CC2)c(C)cn1. The van der Waals surface area contributed by atoms with Crippen LogP contribution in [-0.4, -0.2) is 34.8 Å². The lowest BCUT2D eigenvalue weighted by Crippen LogP contribution is -2.20. The quantitative estimate of drug-likeness (QED) is 0.693. The van der Waals surface area contributed by atoms with E-state index in [1.807, 2.05) is 19.2 Å². The molecule has 1 aliphatic rings. The summed E-state index contributed by atoms with van der Waals surface area (Å²) in [5, 5.41) is 8.98. The zero-order chi connectivity index (χ0) is 20.8. The minimum absolute atomic E-state index is 0.0837. The molecule has 0 saturated heterocycles. The number of carboxylic acid groups (broad SMARTS) is 1. The van der Waals surface area contributed by atoms with Gasteiger partial charge in [0.05, 0.1) is 26.3 Å². The van der Waals surface area contributed by atoms with Gasteiger partial charge in [-0.15, -0.1) is 0 Å². The Labute approximate surface area is 172 Å². The van der Waals surface area contributed by atoms with E-state index in [-0.39, 0.29) is 12.3 Å². The zero-order valence-electron chi connectivity index (χ0n) is 17.4. The summed E-state index contributed by atoms with van der Waals surface area (Å²) in [5.74, 6) is 1.58. The summed E-state index contributed by atoms with van der Waals surface area (Å²) >= 11 is 0. The number of aliphatic carboxylic acids is 1. The number of ether oxygens (including phenoxy) is 2. The van der Waals surface area contributed by atoms with Crippen LogP contribution in [0.1, 0.15) is 67.6 Å². The number of rotatable bonds is 8. The number of aromatic nitrogens is 2. The molecule has 0 aromatic carbocycles. The molecular formula is C23H30N2O4. The van der Waals surface area contributed by atoms with Gasteiger partial charge in [0, 0.05) is 18.5 Å². The molecule has 0 spiro atoms. The Morgan fingerprint density at radius 3 is 2.66 bits per heavy atom. The summed E-state index contributed by atoms with van der Waals surface area (Å²) < 4.78 is 11.3. The molecule has 3 rings (SSSR count).